The van der Waals surface area contributed by atoms with Crippen LogP contribution >= 0.6 is 0 Å². The minimum atomic E-state index is -0.399. The van der Waals surface area contributed by atoms with Gasteiger partial charge in [0, 0.05) is 17.5 Å². The summed E-state index contributed by atoms with van der Waals surface area (Å²) < 4.78 is 5.25. The molecular weight excluding hydrogens is 306 g/mol. The fourth-order valence-electron chi connectivity index (χ4n) is 2.60. The Morgan fingerprint density at radius 3 is 2.62 bits per heavy atom. The summed E-state index contributed by atoms with van der Waals surface area (Å²) in [7, 11) is 1.57. The number of nitrogens with one attached hydrogen (secondary N) is 1. The van der Waals surface area contributed by atoms with Crippen LogP contribution in [0.3, 0.4) is 0 Å². The molecule has 0 saturated carbocycles. The van der Waals surface area contributed by atoms with E-state index in [4.69, 9.17) is 4.74 Å². The summed E-state index contributed by atoms with van der Waals surface area (Å²) >= 11 is 0. The molecule has 0 saturated heterocycles. The summed E-state index contributed by atoms with van der Waals surface area (Å²) in [6.45, 7) is 0.278. The summed E-state index contributed by atoms with van der Waals surface area (Å²) in [6, 6.07) is 15.3. The van der Waals surface area contributed by atoms with Crippen molar-refractivity contribution in [3.8, 4) is 17.2 Å². The van der Waals surface area contributed by atoms with Crippen LogP contribution in [0.4, 0.5) is 0 Å². The maximum atomic E-state index is 12.4. The van der Waals surface area contributed by atoms with Crippen molar-refractivity contribution in [1.82, 2.24) is 5.32 Å². The van der Waals surface area contributed by atoms with Gasteiger partial charge in [-0.1, -0.05) is 30.3 Å². The molecule has 0 atom stereocenters. The smallest absolute Gasteiger partial charge is 0.255 e. The normalized spacial score (nSPS) is 10.5. The molecular formula is C19H17NO4. The van der Waals surface area contributed by atoms with Gasteiger partial charge in [0.1, 0.15) is 17.2 Å². The number of benzene rings is 3. The van der Waals surface area contributed by atoms with Gasteiger partial charge in [0.05, 0.1) is 12.7 Å². The number of fused-ring (bicyclic) bond motifs is 1. The number of carbonyl (C=O) groups is 1. The van der Waals surface area contributed by atoms with E-state index in [-0.39, 0.29) is 23.6 Å². The number of phenols is 2. The second kappa shape index (κ2) is 6.50. The molecule has 0 aliphatic carbocycles. The van der Waals surface area contributed by atoms with E-state index in [1.165, 1.54) is 12.1 Å². The van der Waals surface area contributed by atoms with Crippen LogP contribution in [-0.4, -0.2) is 23.2 Å². The number of carbonyl (C=O) groups excluding carboxylic acids is 1. The molecule has 0 fully saturated rings. The van der Waals surface area contributed by atoms with Gasteiger partial charge in [-0.15, -0.1) is 0 Å². The van der Waals surface area contributed by atoms with Gasteiger partial charge in [0.2, 0.25) is 0 Å². The van der Waals surface area contributed by atoms with Crippen molar-refractivity contribution >= 4 is 16.7 Å². The monoisotopic (exact) mass is 323 g/mol. The molecule has 3 aromatic rings. The summed E-state index contributed by atoms with van der Waals surface area (Å²) in [5, 5.41) is 23.9. The molecule has 3 rings (SSSR count). The number of aromatic hydroxyl groups is 2. The van der Waals surface area contributed by atoms with E-state index in [0.717, 1.165) is 5.56 Å². The van der Waals surface area contributed by atoms with Crippen molar-refractivity contribution in [2.75, 3.05) is 7.11 Å². The van der Waals surface area contributed by atoms with Crippen molar-refractivity contribution in [2.45, 2.75) is 6.54 Å². The highest BCUT2D eigenvalue weighted by Gasteiger charge is 2.14. The molecule has 0 unspecified atom stereocenters. The van der Waals surface area contributed by atoms with Gasteiger partial charge in [-0.3, -0.25) is 4.79 Å². The van der Waals surface area contributed by atoms with Crippen LogP contribution in [-0.2, 0) is 6.54 Å². The lowest BCUT2D eigenvalue weighted by Gasteiger charge is -2.11. The first kappa shape index (κ1) is 15.7. The fourth-order valence-corrected chi connectivity index (χ4v) is 2.60. The van der Waals surface area contributed by atoms with E-state index in [2.05, 4.69) is 5.32 Å². The molecule has 1 amide bonds. The third kappa shape index (κ3) is 2.96. The molecule has 0 spiro atoms. The van der Waals surface area contributed by atoms with Gasteiger partial charge in [0.25, 0.3) is 5.91 Å². The largest absolute Gasteiger partial charge is 0.507 e. The second-order valence-electron chi connectivity index (χ2n) is 5.36. The van der Waals surface area contributed by atoms with Crippen LogP contribution in [0.25, 0.3) is 10.8 Å². The molecule has 3 N–H and O–H groups in total. The molecule has 0 aliphatic heterocycles. The zero-order valence-corrected chi connectivity index (χ0v) is 13.1. The lowest BCUT2D eigenvalue weighted by Crippen LogP contribution is -2.23. The third-order valence-electron chi connectivity index (χ3n) is 3.85. The van der Waals surface area contributed by atoms with E-state index in [0.29, 0.717) is 16.5 Å². The first-order valence-corrected chi connectivity index (χ1v) is 7.45. The quantitative estimate of drug-likeness (QED) is 0.689. The van der Waals surface area contributed by atoms with E-state index < -0.39 is 5.91 Å². The number of para-hydroxylation sites is 1. The molecule has 0 aliphatic rings. The van der Waals surface area contributed by atoms with Crippen molar-refractivity contribution in [3.63, 3.8) is 0 Å². The van der Waals surface area contributed by atoms with Crippen molar-refractivity contribution < 1.29 is 19.7 Å². The Kier molecular flexibility index (Phi) is 4.24. The second-order valence-corrected chi connectivity index (χ2v) is 5.36. The highest BCUT2D eigenvalue weighted by atomic mass is 16.5. The predicted molar refractivity (Wildman–Crippen MR) is 91.4 cm³/mol. The number of hydrogen-bond donors (Lipinski definition) is 3. The van der Waals surface area contributed by atoms with Crippen molar-refractivity contribution in [2.24, 2.45) is 0 Å². The Hall–Kier alpha value is -3.21. The van der Waals surface area contributed by atoms with Gasteiger partial charge in [-0.2, -0.15) is 0 Å². The lowest BCUT2D eigenvalue weighted by atomic mass is 10.0. The van der Waals surface area contributed by atoms with Gasteiger partial charge in [-0.05, 0) is 29.7 Å². The van der Waals surface area contributed by atoms with Crippen LogP contribution in [0.2, 0.25) is 0 Å². The summed E-state index contributed by atoms with van der Waals surface area (Å²) in [6.07, 6.45) is 0. The van der Waals surface area contributed by atoms with Crippen LogP contribution in [0.1, 0.15) is 15.9 Å². The fraction of sp³-hybridized carbons (Fsp3) is 0.105. The molecule has 3 aromatic carbocycles. The van der Waals surface area contributed by atoms with Crippen LogP contribution in [0.5, 0.6) is 17.2 Å². The highest BCUT2D eigenvalue weighted by molar-refractivity contribution is 6.02. The number of hydrogen-bond acceptors (Lipinski definition) is 4. The summed E-state index contributed by atoms with van der Waals surface area (Å²) in [5.74, 6) is 0.166. The Labute approximate surface area is 139 Å². The number of ether oxygens (including phenoxy) is 1. The summed E-state index contributed by atoms with van der Waals surface area (Å²) in [5.41, 5.74) is 0.995. The standard InChI is InChI=1S/C19H17NO4/c1-24-18-8-3-2-5-13(18)11-20-19(23)15-9-12-6-4-7-16(21)14(12)10-17(15)22/h2-10,21-22H,11H2,1H3,(H,20,23). The molecule has 5 nitrogen and oxygen atoms in total. The van der Waals surface area contributed by atoms with Gasteiger partial charge >= 0.3 is 0 Å². The Morgan fingerprint density at radius 2 is 1.83 bits per heavy atom. The Morgan fingerprint density at radius 1 is 1.04 bits per heavy atom. The predicted octanol–water partition coefficient (Wildman–Crippen LogP) is 3.19. The molecule has 0 aromatic heterocycles. The maximum absolute atomic E-state index is 12.4. The van der Waals surface area contributed by atoms with Crippen LogP contribution < -0.4 is 10.1 Å². The van der Waals surface area contributed by atoms with Crippen molar-refractivity contribution in [3.05, 3.63) is 65.7 Å². The molecule has 0 bridgehead atoms. The zero-order valence-electron chi connectivity index (χ0n) is 13.1. The van der Waals surface area contributed by atoms with E-state index in [9.17, 15) is 15.0 Å². The SMILES string of the molecule is COc1ccccc1CNC(=O)c1cc2cccc(O)c2cc1O. The Bertz CT molecular complexity index is 905. The van der Waals surface area contributed by atoms with Crippen molar-refractivity contribution in [1.29, 1.82) is 0 Å². The first-order valence-electron chi connectivity index (χ1n) is 7.45. The lowest BCUT2D eigenvalue weighted by molar-refractivity contribution is 0.0948. The average Bonchev–Trinajstić information content (AvgIpc) is 2.60. The maximum Gasteiger partial charge on any atom is 0.255 e. The first-order chi connectivity index (χ1) is 11.6. The number of methoxy groups -OCH3 is 1. The van der Waals surface area contributed by atoms with E-state index >= 15 is 0 Å². The zero-order chi connectivity index (χ0) is 17.1. The number of rotatable bonds is 4. The van der Waals surface area contributed by atoms with Crippen LogP contribution in [0.15, 0.2) is 54.6 Å². The minimum Gasteiger partial charge on any atom is -0.507 e. The molecule has 24 heavy (non-hydrogen) atoms. The third-order valence-corrected chi connectivity index (χ3v) is 3.85. The van der Waals surface area contributed by atoms with Gasteiger partial charge in [0.15, 0.2) is 0 Å². The van der Waals surface area contributed by atoms with Crippen LogP contribution in [0, 0.1) is 0 Å². The molecule has 5 heteroatoms. The highest BCUT2D eigenvalue weighted by Crippen LogP contribution is 2.30. The minimum absolute atomic E-state index is 0.0591. The van der Waals surface area contributed by atoms with Gasteiger partial charge < -0.3 is 20.3 Å². The number of amides is 1. The molecule has 0 radical (unpaired) electrons. The number of phenolic OH excluding ortho intramolecular Hbond substituents is 2. The van der Waals surface area contributed by atoms with Gasteiger partial charge in [-0.25, -0.2) is 0 Å². The summed E-state index contributed by atoms with van der Waals surface area (Å²) in [4.78, 5) is 12.4. The topological polar surface area (TPSA) is 78.8 Å². The van der Waals surface area contributed by atoms with E-state index in [1.54, 1.807) is 25.3 Å². The molecule has 122 valence electrons. The Balaban J connectivity index is 1.85. The van der Waals surface area contributed by atoms with E-state index in [1.807, 2.05) is 24.3 Å². The average molecular weight is 323 g/mol. The molecule has 0 heterocycles.